The lowest BCUT2D eigenvalue weighted by Crippen LogP contribution is -2.40. The van der Waals surface area contributed by atoms with Gasteiger partial charge in [-0.25, -0.2) is 0 Å². The number of halogens is 1. The maximum absolute atomic E-state index is 3.75. The van der Waals surface area contributed by atoms with E-state index in [2.05, 4.69) is 57.3 Å². The molecule has 1 saturated heterocycles. The fourth-order valence-electron chi connectivity index (χ4n) is 3.04. The third-order valence-electron chi connectivity index (χ3n) is 4.55. The summed E-state index contributed by atoms with van der Waals surface area (Å²) in [6.07, 6.45) is 4.11. The topological polar surface area (TPSA) is 15.3 Å². The molecule has 2 aliphatic rings. The molecule has 1 N–H and O–H groups in total. The van der Waals surface area contributed by atoms with E-state index < -0.39 is 0 Å². The molecule has 3 heteroatoms. The van der Waals surface area contributed by atoms with Crippen LogP contribution in [0.1, 0.15) is 31.7 Å². The lowest BCUT2D eigenvalue weighted by molar-refractivity contribution is 0.190. The zero-order chi connectivity index (χ0) is 13.2. The van der Waals surface area contributed by atoms with Gasteiger partial charge in [-0.1, -0.05) is 34.1 Å². The molecular weight excluding hydrogens is 300 g/mol. The third-order valence-corrected chi connectivity index (χ3v) is 5.32. The van der Waals surface area contributed by atoms with Crippen LogP contribution in [0, 0.1) is 5.92 Å². The number of hydrogen-bond donors (Lipinski definition) is 1. The van der Waals surface area contributed by atoms with E-state index in [0.717, 1.165) is 12.5 Å². The van der Waals surface area contributed by atoms with E-state index >= 15 is 0 Å². The zero-order valence-electron chi connectivity index (χ0n) is 11.6. The van der Waals surface area contributed by atoms with Crippen LogP contribution in [-0.4, -0.2) is 30.1 Å². The molecule has 104 valence electrons. The first-order valence-electron chi connectivity index (χ1n) is 7.45. The molecule has 0 spiro atoms. The lowest BCUT2D eigenvalue weighted by Gasteiger charge is -2.29. The van der Waals surface area contributed by atoms with E-state index in [0.29, 0.717) is 12.1 Å². The Labute approximate surface area is 124 Å². The molecule has 2 nitrogen and oxygen atoms in total. The van der Waals surface area contributed by atoms with Gasteiger partial charge in [-0.05, 0) is 50.3 Å². The van der Waals surface area contributed by atoms with Crippen LogP contribution in [0.4, 0.5) is 0 Å². The van der Waals surface area contributed by atoms with E-state index in [1.807, 2.05) is 0 Å². The molecule has 0 aromatic heterocycles. The van der Waals surface area contributed by atoms with E-state index in [4.69, 9.17) is 0 Å². The van der Waals surface area contributed by atoms with Gasteiger partial charge in [0.25, 0.3) is 0 Å². The summed E-state index contributed by atoms with van der Waals surface area (Å²) in [6.45, 7) is 5.81. The second-order valence-corrected chi connectivity index (χ2v) is 6.91. The highest BCUT2D eigenvalue weighted by atomic mass is 79.9. The van der Waals surface area contributed by atoms with E-state index in [-0.39, 0.29) is 0 Å². The minimum atomic E-state index is 0.670. The van der Waals surface area contributed by atoms with Crippen molar-refractivity contribution in [1.82, 2.24) is 10.2 Å². The number of nitrogens with one attached hydrogen (secondary N) is 1. The van der Waals surface area contributed by atoms with Gasteiger partial charge in [-0.15, -0.1) is 0 Å². The van der Waals surface area contributed by atoms with Crippen LogP contribution in [0.15, 0.2) is 28.7 Å². The molecule has 2 fully saturated rings. The zero-order valence-corrected chi connectivity index (χ0v) is 13.2. The number of hydrogen-bond acceptors (Lipinski definition) is 2. The van der Waals surface area contributed by atoms with Gasteiger partial charge in [0.05, 0.1) is 0 Å². The fourth-order valence-corrected chi connectivity index (χ4v) is 3.45. The lowest BCUT2D eigenvalue weighted by atomic mass is 10.1. The van der Waals surface area contributed by atoms with Gasteiger partial charge in [0.2, 0.25) is 0 Å². The summed E-state index contributed by atoms with van der Waals surface area (Å²) in [4.78, 5) is 2.66. The molecule has 1 aliphatic heterocycles. The van der Waals surface area contributed by atoms with Crippen LogP contribution in [0.25, 0.3) is 0 Å². The van der Waals surface area contributed by atoms with Crippen LogP contribution in [0.2, 0.25) is 0 Å². The smallest absolute Gasteiger partial charge is 0.0248 e. The van der Waals surface area contributed by atoms with Crippen molar-refractivity contribution in [3.05, 3.63) is 34.3 Å². The third kappa shape index (κ3) is 3.39. The van der Waals surface area contributed by atoms with Crippen LogP contribution < -0.4 is 5.32 Å². The van der Waals surface area contributed by atoms with Crippen LogP contribution >= 0.6 is 15.9 Å². The molecule has 0 amide bonds. The predicted molar refractivity (Wildman–Crippen MR) is 83.1 cm³/mol. The maximum atomic E-state index is 3.75. The van der Waals surface area contributed by atoms with E-state index in [9.17, 15) is 0 Å². The first-order chi connectivity index (χ1) is 9.24. The molecule has 3 rings (SSSR count). The molecule has 1 heterocycles. The van der Waals surface area contributed by atoms with Gasteiger partial charge < -0.3 is 5.32 Å². The van der Waals surface area contributed by atoms with Crippen molar-refractivity contribution in [2.75, 3.05) is 13.1 Å². The average Bonchev–Trinajstić information content (AvgIpc) is 3.22. The largest absolute Gasteiger partial charge is 0.312 e. The number of rotatable bonds is 3. The van der Waals surface area contributed by atoms with Crippen LogP contribution in [-0.2, 0) is 6.54 Å². The van der Waals surface area contributed by atoms with Crippen molar-refractivity contribution in [2.24, 2.45) is 5.92 Å². The van der Waals surface area contributed by atoms with Gasteiger partial charge in [0.15, 0.2) is 0 Å². The Balaban J connectivity index is 1.71. The van der Waals surface area contributed by atoms with Crippen molar-refractivity contribution in [1.29, 1.82) is 0 Å². The standard InChI is InChI=1S/C16H23BrN2/c1-12-8-9-18-16(13-6-7-13)11-19(12)10-14-4-2-3-5-15(14)17/h2-5,12-13,16,18H,6-11H2,1H3. The average molecular weight is 323 g/mol. The summed E-state index contributed by atoms with van der Waals surface area (Å²) < 4.78 is 1.24. The summed E-state index contributed by atoms with van der Waals surface area (Å²) in [5, 5.41) is 3.75. The minimum Gasteiger partial charge on any atom is -0.312 e. The first-order valence-corrected chi connectivity index (χ1v) is 8.24. The summed E-state index contributed by atoms with van der Waals surface area (Å²) >= 11 is 3.68. The van der Waals surface area contributed by atoms with Crippen molar-refractivity contribution >= 4 is 15.9 Å². The van der Waals surface area contributed by atoms with Gasteiger partial charge in [-0.3, -0.25) is 4.90 Å². The molecule has 1 aliphatic carbocycles. The van der Waals surface area contributed by atoms with Crippen molar-refractivity contribution < 1.29 is 0 Å². The Morgan fingerprint density at radius 3 is 2.79 bits per heavy atom. The van der Waals surface area contributed by atoms with Gasteiger partial charge in [0, 0.05) is 29.6 Å². The second kappa shape index (κ2) is 5.94. The molecular formula is C16H23BrN2. The first kappa shape index (κ1) is 13.6. The highest BCUT2D eigenvalue weighted by Gasteiger charge is 2.34. The monoisotopic (exact) mass is 322 g/mol. The van der Waals surface area contributed by atoms with E-state index in [1.54, 1.807) is 0 Å². The van der Waals surface area contributed by atoms with Gasteiger partial charge >= 0.3 is 0 Å². The van der Waals surface area contributed by atoms with Crippen LogP contribution in [0.3, 0.4) is 0 Å². The molecule has 2 atom stereocenters. The Hall–Kier alpha value is -0.380. The van der Waals surface area contributed by atoms with Gasteiger partial charge in [0.1, 0.15) is 0 Å². The summed E-state index contributed by atoms with van der Waals surface area (Å²) in [7, 11) is 0. The highest BCUT2D eigenvalue weighted by Crippen LogP contribution is 2.34. The molecule has 1 aromatic rings. The van der Waals surface area contributed by atoms with Crippen LogP contribution in [0.5, 0.6) is 0 Å². The van der Waals surface area contributed by atoms with E-state index in [1.165, 1.54) is 42.4 Å². The quantitative estimate of drug-likeness (QED) is 0.917. The molecule has 1 saturated carbocycles. The summed E-state index contributed by atoms with van der Waals surface area (Å²) in [5.74, 6) is 0.937. The molecule has 2 unspecified atom stereocenters. The maximum Gasteiger partial charge on any atom is 0.0248 e. The van der Waals surface area contributed by atoms with Crippen molar-refractivity contribution in [3.63, 3.8) is 0 Å². The molecule has 0 radical (unpaired) electrons. The van der Waals surface area contributed by atoms with Crippen molar-refractivity contribution in [2.45, 2.75) is 44.8 Å². The molecule has 0 bridgehead atoms. The normalized spacial score (nSPS) is 29.2. The SMILES string of the molecule is CC1CCNC(C2CC2)CN1Cc1ccccc1Br. The number of nitrogens with zero attached hydrogens (tertiary/aromatic N) is 1. The number of benzene rings is 1. The predicted octanol–water partition coefficient (Wildman–Crippen LogP) is 3.41. The Morgan fingerprint density at radius 1 is 1.26 bits per heavy atom. The fraction of sp³-hybridized carbons (Fsp3) is 0.625. The second-order valence-electron chi connectivity index (χ2n) is 6.06. The Kier molecular flexibility index (Phi) is 4.25. The molecule has 1 aromatic carbocycles. The summed E-state index contributed by atoms with van der Waals surface area (Å²) in [6, 6.07) is 10.00. The summed E-state index contributed by atoms with van der Waals surface area (Å²) in [5.41, 5.74) is 1.41. The minimum absolute atomic E-state index is 0.670. The molecule has 19 heavy (non-hydrogen) atoms. The Bertz CT molecular complexity index is 431. The van der Waals surface area contributed by atoms with Crippen molar-refractivity contribution in [3.8, 4) is 0 Å². The Morgan fingerprint density at radius 2 is 2.05 bits per heavy atom. The van der Waals surface area contributed by atoms with Gasteiger partial charge in [-0.2, -0.15) is 0 Å². The highest BCUT2D eigenvalue weighted by molar-refractivity contribution is 9.10.